The first-order chi connectivity index (χ1) is 13.6. The van der Waals surface area contributed by atoms with E-state index in [1.54, 1.807) is 20.8 Å². The summed E-state index contributed by atoms with van der Waals surface area (Å²) < 4.78 is 5.10. The number of nitrogens with zero attached hydrogens (tertiary/aromatic N) is 1. The minimum atomic E-state index is -0.604. The maximum atomic E-state index is 12.5. The van der Waals surface area contributed by atoms with Crippen molar-refractivity contribution in [2.45, 2.75) is 52.6 Å². The van der Waals surface area contributed by atoms with E-state index < -0.39 is 11.7 Å². The topological polar surface area (TPSA) is 87.7 Å². The van der Waals surface area contributed by atoms with Gasteiger partial charge in [-0.3, -0.25) is 9.59 Å². The van der Waals surface area contributed by atoms with Crippen molar-refractivity contribution < 1.29 is 19.1 Å². The summed E-state index contributed by atoms with van der Waals surface area (Å²) in [4.78, 5) is 37.9. The largest absolute Gasteiger partial charge is 0.444 e. The first kappa shape index (κ1) is 22.7. The first-order valence-corrected chi connectivity index (χ1v) is 10.2. The highest BCUT2D eigenvalue weighted by Gasteiger charge is 2.23. The van der Waals surface area contributed by atoms with Gasteiger partial charge >= 0.3 is 6.09 Å². The van der Waals surface area contributed by atoms with Gasteiger partial charge in [0.1, 0.15) is 5.60 Å². The van der Waals surface area contributed by atoms with Crippen LogP contribution in [0.15, 0.2) is 24.3 Å². The molecule has 29 heavy (non-hydrogen) atoms. The van der Waals surface area contributed by atoms with Gasteiger partial charge < -0.3 is 20.3 Å². The number of hydrogen-bond donors (Lipinski definition) is 2. The van der Waals surface area contributed by atoms with E-state index in [9.17, 15) is 14.4 Å². The van der Waals surface area contributed by atoms with Gasteiger partial charge in [0.05, 0.1) is 13.0 Å². The van der Waals surface area contributed by atoms with E-state index in [4.69, 9.17) is 4.74 Å². The van der Waals surface area contributed by atoms with Crippen LogP contribution in [0.3, 0.4) is 0 Å². The maximum Gasteiger partial charge on any atom is 0.408 e. The molecule has 0 atom stereocenters. The minimum absolute atomic E-state index is 0.108. The Morgan fingerprint density at radius 2 is 1.69 bits per heavy atom. The predicted molar refractivity (Wildman–Crippen MR) is 111 cm³/mol. The monoisotopic (exact) mass is 403 g/mol. The summed E-state index contributed by atoms with van der Waals surface area (Å²) in [7, 11) is 0. The van der Waals surface area contributed by atoms with Crippen molar-refractivity contribution in [1.82, 2.24) is 15.5 Å². The summed E-state index contributed by atoms with van der Waals surface area (Å²) in [5, 5.41) is 5.30. The highest BCUT2D eigenvalue weighted by Crippen LogP contribution is 2.17. The lowest BCUT2D eigenvalue weighted by molar-refractivity contribution is -0.132. The number of nitrogens with one attached hydrogen (secondary N) is 2. The number of aryl methyl sites for hydroxylation is 1. The molecule has 1 aliphatic heterocycles. The fraction of sp³-hybridized carbons (Fsp3) is 0.591. The van der Waals surface area contributed by atoms with E-state index in [2.05, 4.69) is 10.6 Å². The molecule has 1 saturated heterocycles. The highest BCUT2D eigenvalue weighted by molar-refractivity contribution is 5.82. The zero-order chi connectivity index (χ0) is 21.4. The fourth-order valence-electron chi connectivity index (χ4n) is 3.17. The fourth-order valence-corrected chi connectivity index (χ4v) is 3.17. The molecule has 0 unspecified atom stereocenters. The number of carbonyl (C=O) groups is 3. The highest BCUT2D eigenvalue weighted by atomic mass is 16.6. The Labute approximate surface area is 173 Å². The number of carbonyl (C=O) groups excluding carboxylic acids is 3. The zero-order valence-corrected chi connectivity index (χ0v) is 17.9. The Morgan fingerprint density at radius 1 is 1.07 bits per heavy atom. The normalized spacial score (nSPS) is 15.0. The molecule has 2 N–H and O–H groups in total. The molecule has 0 bridgehead atoms. The van der Waals surface area contributed by atoms with Gasteiger partial charge in [-0.25, -0.2) is 4.79 Å². The van der Waals surface area contributed by atoms with Crippen molar-refractivity contribution in [3.8, 4) is 0 Å². The molecule has 7 heteroatoms. The lowest BCUT2D eigenvalue weighted by Crippen LogP contribution is -2.44. The summed E-state index contributed by atoms with van der Waals surface area (Å²) >= 11 is 0. The number of rotatable bonds is 6. The van der Waals surface area contributed by atoms with Crippen molar-refractivity contribution >= 4 is 17.9 Å². The Kier molecular flexibility index (Phi) is 8.05. The minimum Gasteiger partial charge on any atom is -0.444 e. The van der Waals surface area contributed by atoms with E-state index >= 15 is 0 Å². The van der Waals surface area contributed by atoms with Crippen LogP contribution in [0.5, 0.6) is 0 Å². The molecule has 1 aliphatic rings. The molecular formula is C22H33N3O4. The number of alkyl carbamates (subject to hydrolysis) is 1. The van der Waals surface area contributed by atoms with Crippen molar-refractivity contribution in [3.63, 3.8) is 0 Å². The summed E-state index contributed by atoms with van der Waals surface area (Å²) in [6, 6.07) is 8.05. The summed E-state index contributed by atoms with van der Waals surface area (Å²) in [6.07, 6.45) is 1.55. The van der Waals surface area contributed by atoms with E-state index in [1.165, 1.54) is 5.56 Å². The van der Waals surface area contributed by atoms with E-state index in [1.807, 2.05) is 36.1 Å². The Hall–Kier alpha value is -2.57. The second-order valence-corrected chi connectivity index (χ2v) is 8.65. The van der Waals surface area contributed by atoms with Crippen molar-refractivity contribution in [3.05, 3.63) is 35.4 Å². The first-order valence-electron chi connectivity index (χ1n) is 10.2. The smallest absolute Gasteiger partial charge is 0.408 e. The number of benzene rings is 1. The van der Waals surface area contributed by atoms with Crippen molar-refractivity contribution in [2.24, 2.45) is 5.92 Å². The van der Waals surface area contributed by atoms with Crippen LogP contribution in [-0.2, 0) is 20.7 Å². The van der Waals surface area contributed by atoms with Gasteiger partial charge in [0.2, 0.25) is 11.8 Å². The van der Waals surface area contributed by atoms with E-state index in [-0.39, 0.29) is 18.4 Å². The Balaban J connectivity index is 1.64. The number of hydrogen-bond acceptors (Lipinski definition) is 4. The van der Waals surface area contributed by atoms with Crippen molar-refractivity contribution in [1.29, 1.82) is 0 Å². The summed E-state index contributed by atoms with van der Waals surface area (Å²) in [6.45, 7) is 9.20. The Morgan fingerprint density at radius 3 is 2.28 bits per heavy atom. The third-order valence-electron chi connectivity index (χ3n) is 4.82. The molecule has 0 radical (unpaired) electrons. The predicted octanol–water partition coefficient (Wildman–Crippen LogP) is 2.42. The number of ether oxygens (including phenoxy) is 1. The molecule has 1 heterocycles. The van der Waals surface area contributed by atoms with Crippen molar-refractivity contribution in [2.75, 3.05) is 26.2 Å². The lowest BCUT2D eigenvalue weighted by Gasteiger charge is -2.32. The van der Waals surface area contributed by atoms with Gasteiger partial charge in [-0.1, -0.05) is 29.8 Å². The molecule has 1 aromatic carbocycles. The van der Waals surface area contributed by atoms with Gasteiger partial charge in [0.15, 0.2) is 0 Å². The van der Waals surface area contributed by atoms with E-state index in [0.29, 0.717) is 32.0 Å². The summed E-state index contributed by atoms with van der Waals surface area (Å²) in [5.41, 5.74) is 1.63. The second-order valence-electron chi connectivity index (χ2n) is 8.65. The zero-order valence-electron chi connectivity index (χ0n) is 17.9. The molecule has 0 aliphatic carbocycles. The summed E-state index contributed by atoms with van der Waals surface area (Å²) in [5.74, 6) is 0.246. The van der Waals surface area contributed by atoms with Crippen LogP contribution in [0.4, 0.5) is 4.79 Å². The molecular weight excluding hydrogens is 370 g/mol. The van der Waals surface area contributed by atoms with Gasteiger partial charge in [0.25, 0.3) is 0 Å². The standard InChI is InChI=1S/C22H33N3O4/c1-16-5-7-17(8-6-16)13-20(27)25-11-9-18(10-12-25)14-23-19(26)15-24-21(28)29-22(2,3)4/h5-8,18H,9-15H2,1-4H3,(H,23,26)(H,24,28). The molecule has 0 saturated carbocycles. The van der Waals surface area contributed by atoms with Crippen LogP contribution in [0.2, 0.25) is 0 Å². The third-order valence-corrected chi connectivity index (χ3v) is 4.82. The van der Waals surface area contributed by atoms with Gasteiger partial charge in [0, 0.05) is 19.6 Å². The van der Waals surface area contributed by atoms with Crippen LogP contribution < -0.4 is 10.6 Å². The van der Waals surface area contributed by atoms with Crippen LogP contribution in [0, 0.1) is 12.8 Å². The number of amides is 3. The molecule has 1 aromatic rings. The molecule has 3 amide bonds. The molecule has 1 fully saturated rings. The molecule has 0 spiro atoms. The quantitative estimate of drug-likeness (QED) is 0.764. The lowest BCUT2D eigenvalue weighted by atomic mass is 9.96. The molecule has 0 aromatic heterocycles. The van der Waals surface area contributed by atoms with E-state index in [0.717, 1.165) is 18.4 Å². The van der Waals surface area contributed by atoms with Gasteiger partial charge in [-0.2, -0.15) is 0 Å². The second kappa shape index (κ2) is 10.3. The third kappa shape index (κ3) is 8.54. The van der Waals surface area contributed by atoms with Gasteiger partial charge in [-0.05, 0) is 52.0 Å². The molecule has 7 nitrogen and oxygen atoms in total. The Bertz CT molecular complexity index is 702. The average Bonchev–Trinajstić information content (AvgIpc) is 2.65. The van der Waals surface area contributed by atoms with Gasteiger partial charge in [-0.15, -0.1) is 0 Å². The number of piperidine rings is 1. The van der Waals surface area contributed by atoms with Crippen LogP contribution in [0.1, 0.15) is 44.7 Å². The van der Waals surface area contributed by atoms with Crippen LogP contribution in [-0.4, -0.2) is 54.6 Å². The molecule has 160 valence electrons. The van der Waals surface area contributed by atoms with Crippen LogP contribution >= 0.6 is 0 Å². The van der Waals surface area contributed by atoms with Crippen LogP contribution in [0.25, 0.3) is 0 Å². The average molecular weight is 404 g/mol. The number of likely N-dealkylation sites (tertiary alicyclic amines) is 1. The SMILES string of the molecule is Cc1ccc(CC(=O)N2CCC(CNC(=O)CNC(=O)OC(C)(C)C)CC2)cc1. The maximum absolute atomic E-state index is 12.5. The molecule has 2 rings (SSSR count).